The predicted octanol–water partition coefficient (Wildman–Crippen LogP) is 2.92. The van der Waals surface area contributed by atoms with Gasteiger partial charge in [-0.05, 0) is 38.5 Å². The summed E-state index contributed by atoms with van der Waals surface area (Å²) in [5.41, 5.74) is 1.31. The highest BCUT2D eigenvalue weighted by Gasteiger charge is 2.09. The lowest BCUT2D eigenvalue weighted by Crippen LogP contribution is -1.94. The zero-order valence-electron chi connectivity index (χ0n) is 10.9. The standard InChI is InChI=1S/C14H16O4/c1-9(7-14(16)17-4)5-6-12-8-13(10(2)15)11(3)18-12/h5-8H,1-4H3/b6-5+,9-7-. The Morgan fingerprint density at radius 3 is 2.50 bits per heavy atom. The van der Waals surface area contributed by atoms with Crippen LogP contribution in [0.15, 0.2) is 28.2 Å². The molecular formula is C14H16O4. The molecule has 0 aliphatic heterocycles. The van der Waals surface area contributed by atoms with Gasteiger partial charge < -0.3 is 9.15 Å². The molecule has 0 spiro atoms. The summed E-state index contributed by atoms with van der Waals surface area (Å²) >= 11 is 0. The van der Waals surface area contributed by atoms with Gasteiger partial charge >= 0.3 is 5.97 Å². The molecule has 0 saturated carbocycles. The van der Waals surface area contributed by atoms with Crippen molar-refractivity contribution in [3.63, 3.8) is 0 Å². The van der Waals surface area contributed by atoms with Gasteiger partial charge in [0.15, 0.2) is 5.78 Å². The van der Waals surface area contributed by atoms with Crippen molar-refractivity contribution >= 4 is 17.8 Å². The number of Topliss-reactive ketones (excluding diaryl/α,β-unsaturated/α-hetero) is 1. The molecule has 0 aliphatic rings. The summed E-state index contributed by atoms with van der Waals surface area (Å²) < 4.78 is 9.92. The van der Waals surface area contributed by atoms with Gasteiger partial charge in [-0.25, -0.2) is 4.79 Å². The first-order valence-corrected chi connectivity index (χ1v) is 5.49. The second kappa shape index (κ2) is 6.00. The number of carbonyl (C=O) groups is 2. The third-order valence-electron chi connectivity index (χ3n) is 2.37. The van der Waals surface area contributed by atoms with Gasteiger partial charge in [0.2, 0.25) is 0 Å². The lowest BCUT2D eigenvalue weighted by atomic mass is 10.2. The Labute approximate surface area is 106 Å². The zero-order valence-corrected chi connectivity index (χ0v) is 10.9. The largest absolute Gasteiger partial charge is 0.466 e. The molecule has 0 unspecified atom stereocenters. The maximum atomic E-state index is 11.2. The normalized spacial score (nSPS) is 11.9. The van der Waals surface area contributed by atoms with Gasteiger partial charge in [-0.3, -0.25) is 4.79 Å². The molecule has 0 saturated heterocycles. The number of aryl methyl sites for hydroxylation is 1. The Kier molecular flexibility index (Phi) is 4.66. The minimum atomic E-state index is -0.405. The molecule has 4 nitrogen and oxygen atoms in total. The van der Waals surface area contributed by atoms with E-state index in [1.54, 1.807) is 32.1 Å². The van der Waals surface area contributed by atoms with E-state index in [0.717, 1.165) is 5.57 Å². The monoisotopic (exact) mass is 248 g/mol. The number of hydrogen-bond acceptors (Lipinski definition) is 4. The van der Waals surface area contributed by atoms with Gasteiger partial charge in [0.05, 0.1) is 12.7 Å². The number of furan rings is 1. The van der Waals surface area contributed by atoms with Crippen LogP contribution in [0.1, 0.15) is 35.7 Å². The molecule has 0 atom stereocenters. The Morgan fingerprint density at radius 1 is 1.33 bits per heavy atom. The summed E-state index contributed by atoms with van der Waals surface area (Å²) in [6.45, 7) is 5.01. The van der Waals surface area contributed by atoms with Crippen LogP contribution in [-0.2, 0) is 9.53 Å². The second-order valence-electron chi connectivity index (χ2n) is 3.92. The molecule has 4 heteroatoms. The van der Waals surface area contributed by atoms with Crippen LogP contribution in [0.2, 0.25) is 0 Å². The minimum absolute atomic E-state index is 0.0299. The van der Waals surface area contributed by atoms with Crippen molar-refractivity contribution in [1.82, 2.24) is 0 Å². The zero-order chi connectivity index (χ0) is 13.7. The Bertz CT molecular complexity index is 518. The van der Waals surface area contributed by atoms with Crippen molar-refractivity contribution in [3.8, 4) is 0 Å². The highest BCUT2D eigenvalue weighted by atomic mass is 16.5. The first-order chi connectivity index (χ1) is 8.43. The van der Waals surface area contributed by atoms with E-state index >= 15 is 0 Å². The van der Waals surface area contributed by atoms with E-state index in [2.05, 4.69) is 4.74 Å². The van der Waals surface area contributed by atoms with Crippen molar-refractivity contribution in [2.75, 3.05) is 7.11 Å². The van der Waals surface area contributed by atoms with E-state index in [0.29, 0.717) is 17.1 Å². The highest BCUT2D eigenvalue weighted by Crippen LogP contribution is 2.17. The summed E-state index contributed by atoms with van der Waals surface area (Å²) in [7, 11) is 1.32. The molecule has 1 heterocycles. The van der Waals surface area contributed by atoms with E-state index in [9.17, 15) is 9.59 Å². The molecule has 0 bridgehead atoms. The van der Waals surface area contributed by atoms with Crippen molar-refractivity contribution < 1.29 is 18.7 Å². The van der Waals surface area contributed by atoms with Gasteiger partial charge in [-0.2, -0.15) is 0 Å². The van der Waals surface area contributed by atoms with Crippen LogP contribution in [0.25, 0.3) is 6.08 Å². The van der Waals surface area contributed by atoms with Gasteiger partial charge in [-0.15, -0.1) is 0 Å². The topological polar surface area (TPSA) is 56.5 Å². The number of ketones is 1. The van der Waals surface area contributed by atoms with E-state index in [1.165, 1.54) is 20.1 Å². The predicted molar refractivity (Wildman–Crippen MR) is 68.3 cm³/mol. The van der Waals surface area contributed by atoms with Gasteiger partial charge in [0.1, 0.15) is 11.5 Å². The molecule has 0 aliphatic carbocycles. The number of methoxy groups -OCH3 is 1. The molecule has 1 aromatic rings. The molecule has 0 fully saturated rings. The highest BCUT2D eigenvalue weighted by molar-refractivity contribution is 5.95. The quantitative estimate of drug-likeness (QED) is 0.356. The molecule has 0 radical (unpaired) electrons. The Balaban J connectivity index is 2.85. The molecule has 0 N–H and O–H groups in total. The SMILES string of the molecule is COC(=O)/C=C(C)\C=C\c1cc(C(C)=O)c(C)o1. The second-order valence-corrected chi connectivity index (χ2v) is 3.92. The summed E-state index contributed by atoms with van der Waals surface area (Å²) in [4.78, 5) is 22.2. The molecule has 1 rings (SSSR count). The third kappa shape index (κ3) is 3.73. The van der Waals surface area contributed by atoms with E-state index in [4.69, 9.17) is 4.42 Å². The maximum absolute atomic E-state index is 11.2. The molecule has 18 heavy (non-hydrogen) atoms. The van der Waals surface area contributed by atoms with Crippen LogP contribution in [-0.4, -0.2) is 18.9 Å². The molecule has 96 valence electrons. The molecule has 0 aromatic carbocycles. The summed E-state index contributed by atoms with van der Waals surface area (Å²) in [6, 6.07) is 1.68. The summed E-state index contributed by atoms with van der Waals surface area (Å²) in [5, 5.41) is 0. The fourth-order valence-corrected chi connectivity index (χ4v) is 1.44. The first-order valence-electron chi connectivity index (χ1n) is 5.49. The summed E-state index contributed by atoms with van der Waals surface area (Å²) in [5.74, 6) is 0.738. The lowest BCUT2D eigenvalue weighted by molar-refractivity contribution is -0.134. The van der Waals surface area contributed by atoms with Crippen LogP contribution < -0.4 is 0 Å². The lowest BCUT2D eigenvalue weighted by Gasteiger charge is -1.92. The van der Waals surface area contributed by atoms with E-state index in [-0.39, 0.29) is 5.78 Å². The first kappa shape index (κ1) is 14.0. The van der Waals surface area contributed by atoms with Crippen LogP contribution >= 0.6 is 0 Å². The third-order valence-corrected chi connectivity index (χ3v) is 2.37. The van der Waals surface area contributed by atoms with Crippen molar-refractivity contribution in [1.29, 1.82) is 0 Å². The summed E-state index contributed by atoms with van der Waals surface area (Å²) in [6.07, 6.45) is 4.80. The average Bonchev–Trinajstić information content (AvgIpc) is 2.68. The van der Waals surface area contributed by atoms with Crippen molar-refractivity contribution in [3.05, 3.63) is 40.9 Å². The van der Waals surface area contributed by atoms with E-state index in [1.807, 2.05) is 0 Å². The number of ether oxygens (including phenoxy) is 1. The smallest absolute Gasteiger partial charge is 0.330 e. The Morgan fingerprint density at radius 2 is 2.00 bits per heavy atom. The molecular weight excluding hydrogens is 232 g/mol. The van der Waals surface area contributed by atoms with Crippen LogP contribution in [0, 0.1) is 6.92 Å². The molecule has 0 amide bonds. The van der Waals surface area contributed by atoms with E-state index < -0.39 is 5.97 Å². The number of esters is 1. The van der Waals surface area contributed by atoms with Crippen molar-refractivity contribution in [2.45, 2.75) is 20.8 Å². The maximum Gasteiger partial charge on any atom is 0.330 e. The Hall–Kier alpha value is -2.10. The minimum Gasteiger partial charge on any atom is -0.466 e. The fourth-order valence-electron chi connectivity index (χ4n) is 1.44. The van der Waals surface area contributed by atoms with Crippen LogP contribution in [0.3, 0.4) is 0 Å². The van der Waals surface area contributed by atoms with Gasteiger partial charge in [0, 0.05) is 6.08 Å². The fraction of sp³-hybridized carbons (Fsp3) is 0.286. The van der Waals surface area contributed by atoms with Crippen LogP contribution in [0.4, 0.5) is 0 Å². The average molecular weight is 248 g/mol. The van der Waals surface area contributed by atoms with Crippen LogP contribution in [0.5, 0.6) is 0 Å². The number of rotatable bonds is 4. The number of carbonyl (C=O) groups excluding carboxylic acids is 2. The number of allylic oxidation sites excluding steroid dienone is 2. The van der Waals surface area contributed by atoms with Gasteiger partial charge in [-0.1, -0.05) is 6.08 Å². The molecule has 1 aromatic heterocycles. The van der Waals surface area contributed by atoms with Gasteiger partial charge in [0.25, 0.3) is 0 Å². The number of hydrogen-bond donors (Lipinski definition) is 0. The van der Waals surface area contributed by atoms with Crippen molar-refractivity contribution in [2.24, 2.45) is 0 Å².